The molecule has 0 aromatic carbocycles. The fraction of sp³-hybridized carbons (Fsp3) is 0.765. The first-order chi connectivity index (χ1) is 10.3. The van der Waals surface area contributed by atoms with Gasteiger partial charge in [0, 0.05) is 12.5 Å². The predicted molar refractivity (Wildman–Crippen MR) is 80.9 cm³/mol. The van der Waals surface area contributed by atoms with Crippen LogP contribution in [0.5, 0.6) is 0 Å². The molecule has 1 saturated heterocycles. The van der Waals surface area contributed by atoms with Gasteiger partial charge >= 0.3 is 5.97 Å². The van der Waals surface area contributed by atoms with Crippen LogP contribution in [0.25, 0.3) is 0 Å². The Kier molecular flexibility index (Phi) is 3.68. The van der Waals surface area contributed by atoms with Crippen LogP contribution in [0.15, 0.2) is 12.2 Å². The summed E-state index contributed by atoms with van der Waals surface area (Å²) in [5.74, 6) is -0.735. The predicted octanol–water partition coefficient (Wildman–Crippen LogP) is 0.868. The molecule has 5 heteroatoms. The van der Waals surface area contributed by atoms with Crippen molar-refractivity contribution in [2.24, 2.45) is 29.1 Å². The van der Waals surface area contributed by atoms with E-state index in [1.54, 1.807) is 6.08 Å². The van der Waals surface area contributed by atoms with Crippen LogP contribution in [0.4, 0.5) is 0 Å². The van der Waals surface area contributed by atoms with Crippen LogP contribution in [0.2, 0.25) is 0 Å². The zero-order valence-corrected chi connectivity index (χ0v) is 13.7. The molecule has 5 nitrogen and oxygen atoms in total. The van der Waals surface area contributed by atoms with Crippen molar-refractivity contribution >= 4 is 11.8 Å². The normalized spacial score (nSPS) is 47.4. The summed E-state index contributed by atoms with van der Waals surface area (Å²) in [6, 6.07) is 0. The number of aliphatic hydroxyl groups is 1. The third-order valence-corrected chi connectivity index (χ3v) is 5.90. The molecule has 22 heavy (non-hydrogen) atoms. The van der Waals surface area contributed by atoms with Crippen LogP contribution in [-0.4, -0.2) is 54.6 Å². The van der Waals surface area contributed by atoms with Crippen LogP contribution in [0.1, 0.15) is 20.3 Å². The number of rotatable bonds is 2. The van der Waals surface area contributed by atoms with E-state index < -0.39 is 11.5 Å². The van der Waals surface area contributed by atoms with Gasteiger partial charge in [-0.05, 0) is 45.4 Å². The van der Waals surface area contributed by atoms with E-state index >= 15 is 0 Å². The van der Waals surface area contributed by atoms with Crippen molar-refractivity contribution in [2.45, 2.75) is 32.5 Å². The van der Waals surface area contributed by atoms with E-state index in [9.17, 15) is 14.7 Å². The van der Waals surface area contributed by atoms with Gasteiger partial charge in [-0.3, -0.25) is 9.59 Å². The summed E-state index contributed by atoms with van der Waals surface area (Å²) in [6.45, 7) is 4.46. The lowest BCUT2D eigenvalue weighted by Crippen LogP contribution is -2.49. The van der Waals surface area contributed by atoms with Crippen LogP contribution in [0, 0.1) is 29.1 Å². The van der Waals surface area contributed by atoms with E-state index in [1.165, 1.54) is 0 Å². The second-order valence-corrected chi connectivity index (χ2v) is 7.61. The summed E-state index contributed by atoms with van der Waals surface area (Å²) in [5.41, 5.74) is -0.836. The fourth-order valence-electron chi connectivity index (χ4n) is 4.72. The topological polar surface area (TPSA) is 66.8 Å². The fourth-order valence-corrected chi connectivity index (χ4v) is 4.72. The van der Waals surface area contributed by atoms with Gasteiger partial charge in [0.25, 0.3) is 0 Å². The second-order valence-electron chi connectivity index (χ2n) is 7.61. The number of hydrogen-bond acceptors (Lipinski definition) is 5. The Hall–Kier alpha value is -1.20. The van der Waals surface area contributed by atoms with Gasteiger partial charge in [0.05, 0.1) is 17.4 Å². The molecule has 1 heterocycles. The second kappa shape index (κ2) is 5.17. The molecule has 2 fully saturated rings. The smallest absolute Gasteiger partial charge is 0.311 e. The van der Waals surface area contributed by atoms with Crippen LogP contribution in [-0.2, 0) is 14.3 Å². The van der Waals surface area contributed by atoms with Gasteiger partial charge in [0.1, 0.15) is 6.10 Å². The summed E-state index contributed by atoms with van der Waals surface area (Å²) in [7, 11) is 3.80. The number of nitrogens with zero attached hydrogens (tertiary/aromatic N) is 1. The van der Waals surface area contributed by atoms with Crippen molar-refractivity contribution in [1.29, 1.82) is 0 Å². The van der Waals surface area contributed by atoms with Crippen molar-refractivity contribution in [1.82, 2.24) is 4.90 Å². The van der Waals surface area contributed by atoms with E-state index in [2.05, 4.69) is 6.92 Å². The third kappa shape index (κ3) is 2.06. The molecule has 3 aliphatic rings. The number of esters is 1. The van der Waals surface area contributed by atoms with Gasteiger partial charge in [-0.2, -0.15) is 0 Å². The molecular formula is C17H25NO4. The lowest BCUT2D eigenvalue weighted by molar-refractivity contribution is -0.145. The Labute approximate surface area is 131 Å². The highest BCUT2D eigenvalue weighted by Gasteiger charge is 2.61. The summed E-state index contributed by atoms with van der Waals surface area (Å²) in [5, 5.41) is 11.1. The number of carbonyl (C=O) groups excluding carboxylic acids is 2. The van der Waals surface area contributed by atoms with Gasteiger partial charge < -0.3 is 14.7 Å². The van der Waals surface area contributed by atoms with Crippen LogP contribution < -0.4 is 0 Å². The van der Waals surface area contributed by atoms with Crippen molar-refractivity contribution in [2.75, 3.05) is 20.6 Å². The van der Waals surface area contributed by atoms with Crippen molar-refractivity contribution in [3.8, 4) is 0 Å². The molecule has 2 aliphatic carbocycles. The van der Waals surface area contributed by atoms with Crippen molar-refractivity contribution in [3.63, 3.8) is 0 Å². The highest BCUT2D eigenvalue weighted by Crippen LogP contribution is 2.53. The first kappa shape index (κ1) is 15.7. The maximum atomic E-state index is 12.5. The van der Waals surface area contributed by atoms with E-state index in [4.69, 9.17) is 4.74 Å². The minimum absolute atomic E-state index is 0.0132. The zero-order chi connectivity index (χ0) is 16.2. The quantitative estimate of drug-likeness (QED) is 0.767. The molecule has 7 atom stereocenters. The first-order valence-corrected chi connectivity index (χ1v) is 8.02. The number of hydrogen-bond donors (Lipinski definition) is 1. The highest BCUT2D eigenvalue weighted by atomic mass is 16.6. The Bertz CT molecular complexity index is 529. The first-order valence-electron chi connectivity index (χ1n) is 8.02. The summed E-state index contributed by atoms with van der Waals surface area (Å²) in [6.07, 6.45) is 3.09. The van der Waals surface area contributed by atoms with Gasteiger partial charge in [-0.15, -0.1) is 0 Å². The van der Waals surface area contributed by atoms with Crippen LogP contribution >= 0.6 is 0 Å². The molecule has 3 rings (SSSR count). The van der Waals surface area contributed by atoms with Gasteiger partial charge in [0.2, 0.25) is 0 Å². The minimum Gasteiger partial charge on any atom is -0.462 e. The molecule has 0 amide bonds. The Morgan fingerprint density at radius 1 is 1.41 bits per heavy atom. The molecular weight excluding hydrogens is 282 g/mol. The largest absolute Gasteiger partial charge is 0.462 e. The Balaban J connectivity index is 2.00. The van der Waals surface area contributed by atoms with Gasteiger partial charge in [-0.1, -0.05) is 13.0 Å². The van der Waals surface area contributed by atoms with Crippen molar-refractivity contribution < 1.29 is 19.4 Å². The molecule has 0 bridgehead atoms. The van der Waals surface area contributed by atoms with E-state index in [0.29, 0.717) is 13.0 Å². The maximum absolute atomic E-state index is 12.5. The summed E-state index contributed by atoms with van der Waals surface area (Å²) in [4.78, 5) is 26.6. The Morgan fingerprint density at radius 2 is 2.09 bits per heavy atom. The molecule has 1 unspecified atom stereocenters. The molecule has 0 radical (unpaired) electrons. The van der Waals surface area contributed by atoms with Gasteiger partial charge in [0.15, 0.2) is 5.78 Å². The van der Waals surface area contributed by atoms with E-state index in [-0.39, 0.29) is 41.5 Å². The number of fused-ring (bicyclic) bond motifs is 2. The van der Waals surface area contributed by atoms with E-state index in [0.717, 1.165) is 0 Å². The molecule has 0 spiro atoms. The average Bonchev–Trinajstić information content (AvgIpc) is 2.86. The molecule has 1 N–H and O–H groups in total. The Morgan fingerprint density at radius 3 is 2.73 bits per heavy atom. The lowest BCUT2D eigenvalue weighted by Gasteiger charge is -2.38. The molecule has 1 aliphatic heterocycles. The van der Waals surface area contributed by atoms with Crippen molar-refractivity contribution in [3.05, 3.63) is 12.2 Å². The monoisotopic (exact) mass is 307 g/mol. The lowest BCUT2D eigenvalue weighted by atomic mass is 9.66. The SMILES string of the molecule is C[C@@H]1C[C@H]2OC(=O)C(CN(C)C)[C@H]2[C@H](O)[C@]2(C)C(=O)C=C[C@@H]12. The van der Waals surface area contributed by atoms with Gasteiger partial charge in [-0.25, -0.2) is 0 Å². The number of aliphatic hydroxyl groups excluding tert-OH is 1. The summed E-state index contributed by atoms with van der Waals surface area (Å²) >= 11 is 0. The molecule has 122 valence electrons. The summed E-state index contributed by atoms with van der Waals surface area (Å²) < 4.78 is 5.58. The molecule has 0 aromatic heterocycles. The number of allylic oxidation sites excluding steroid dienone is 2. The highest BCUT2D eigenvalue weighted by molar-refractivity contribution is 5.98. The number of ether oxygens (including phenoxy) is 1. The zero-order valence-electron chi connectivity index (χ0n) is 13.7. The average molecular weight is 307 g/mol. The van der Waals surface area contributed by atoms with E-state index in [1.807, 2.05) is 32.0 Å². The third-order valence-electron chi connectivity index (χ3n) is 5.90. The standard InChI is InChI=1S/C17H25NO4/c1-9-7-12-14(10(8-18(3)4)16(21)22-12)15(20)17(2)11(9)5-6-13(17)19/h5-6,9-12,14-15,20H,7-8H2,1-4H3/t9-,10?,11+,12-,14-,15+,17+/m1/s1. The maximum Gasteiger partial charge on any atom is 0.311 e. The van der Waals surface area contributed by atoms with Crippen LogP contribution in [0.3, 0.4) is 0 Å². The molecule has 1 saturated carbocycles. The minimum atomic E-state index is -0.855. The molecule has 0 aromatic rings. The number of ketones is 1. The number of carbonyl (C=O) groups is 2.